The fourth-order valence-corrected chi connectivity index (χ4v) is 3.89. The fourth-order valence-electron chi connectivity index (χ4n) is 2.11. The van der Waals surface area contributed by atoms with E-state index in [0.717, 1.165) is 16.3 Å². The van der Waals surface area contributed by atoms with Crippen LogP contribution in [0.5, 0.6) is 0 Å². The molecule has 124 valence electrons. The second kappa shape index (κ2) is 6.75. The molecule has 25 heavy (non-hydrogen) atoms. The number of hydrogen-bond donors (Lipinski definition) is 1. The maximum absolute atomic E-state index is 12.3. The predicted molar refractivity (Wildman–Crippen MR) is 99.7 cm³/mol. The van der Waals surface area contributed by atoms with E-state index in [9.17, 15) is 4.79 Å². The molecule has 1 aromatic carbocycles. The largest absolute Gasteiger partial charge is 0.296 e. The van der Waals surface area contributed by atoms with Crippen LogP contribution in [-0.2, 0) is 0 Å². The van der Waals surface area contributed by atoms with Crippen molar-refractivity contribution in [2.24, 2.45) is 0 Å². The first-order chi connectivity index (χ1) is 12.2. The van der Waals surface area contributed by atoms with Crippen LogP contribution in [0, 0.1) is 0 Å². The Labute approximate surface area is 155 Å². The van der Waals surface area contributed by atoms with Crippen LogP contribution < -0.4 is 5.32 Å². The number of nitrogens with zero attached hydrogens (tertiary/aromatic N) is 4. The van der Waals surface area contributed by atoms with E-state index < -0.39 is 0 Å². The monoisotopic (exact) mass is 387 g/mol. The van der Waals surface area contributed by atoms with E-state index in [2.05, 4.69) is 20.5 Å². The first kappa shape index (κ1) is 15.9. The number of nitrogens with one attached hydrogen (secondary N) is 1. The highest BCUT2D eigenvalue weighted by atomic mass is 35.5. The summed E-state index contributed by atoms with van der Waals surface area (Å²) in [5.74, 6) is -0.354. The van der Waals surface area contributed by atoms with E-state index in [1.165, 1.54) is 33.7 Å². The van der Waals surface area contributed by atoms with Gasteiger partial charge in [-0.05, 0) is 24.3 Å². The van der Waals surface area contributed by atoms with Gasteiger partial charge in [0.05, 0.1) is 26.8 Å². The zero-order chi connectivity index (χ0) is 17.2. The first-order valence-corrected chi connectivity index (χ1v) is 9.27. The lowest BCUT2D eigenvalue weighted by Crippen LogP contribution is -2.13. The number of aromatic nitrogens is 4. The number of anilines is 1. The van der Waals surface area contributed by atoms with Crippen LogP contribution in [0.2, 0.25) is 4.34 Å². The van der Waals surface area contributed by atoms with Crippen LogP contribution in [0.1, 0.15) is 10.5 Å². The third-order valence-corrected chi connectivity index (χ3v) is 5.27. The highest BCUT2D eigenvalue weighted by molar-refractivity contribution is 7.20. The molecule has 0 aliphatic carbocycles. The van der Waals surface area contributed by atoms with Crippen molar-refractivity contribution in [3.63, 3.8) is 0 Å². The minimum Gasteiger partial charge on any atom is -0.296 e. The molecule has 0 fully saturated rings. The average molecular weight is 388 g/mol. The Morgan fingerprint density at radius 3 is 2.76 bits per heavy atom. The van der Waals surface area contributed by atoms with Gasteiger partial charge in [-0.2, -0.15) is 9.90 Å². The third-order valence-electron chi connectivity index (χ3n) is 3.26. The maximum atomic E-state index is 12.3. The van der Waals surface area contributed by atoms with E-state index >= 15 is 0 Å². The molecule has 1 amide bonds. The third kappa shape index (κ3) is 3.46. The number of para-hydroxylation sites is 1. The van der Waals surface area contributed by atoms with Gasteiger partial charge in [-0.3, -0.25) is 10.1 Å². The molecule has 0 unspecified atom stereocenters. The van der Waals surface area contributed by atoms with Gasteiger partial charge in [0, 0.05) is 5.38 Å². The highest BCUT2D eigenvalue weighted by Crippen LogP contribution is 2.32. The molecule has 3 heterocycles. The Morgan fingerprint density at radius 1 is 1.16 bits per heavy atom. The maximum Gasteiger partial charge on any atom is 0.279 e. The first-order valence-electron chi connectivity index (χ1n) is 7.19. The number of carbonyl (C=O) groups is 1. The van der Waals surface area contributed by atoms with Crippen LogP contribution in [0.15, 0.2) is 54.0 Å². The smallest absolute Gasteiger partial charge is 0.279 e. The molecule has 1 N–H and O–H groups in total. The molecule has 0 saturated heterocycles. The minimum absolute atomic E-state index is 0.222. The van der Waals surface area contributed by atoms with Crippen molar-refractivity contribution in [3.8, 4) is 16.3 Å². The summed E-state index contributed by atoms with van der Waals surface area (Å²) in [4.78, 5) is 19.1. The summed E-state index contributed by atoms with van der Waals surface area (Å²) < 4.78 is 0.700. The van der Waals surface area contributed by atoms with Crippen LogP contribution in [0.25, 0.3) is 16.3 Å². The molecule has 4 aromatic rings. The summed E-state index contributed by atoms with van der Waals surface area (Å²) in [5.41, 5.74) is 1.79. The Balaban J connectivity index is 1.49. The number of benzene rings is 1. The van der Waals surface area contributed by atoms with Gasteiger partial charge in [-0.15, -0.1) is 27.8 Å². The molecule has 9 heteroatoms. The molecule has 6 nitrogen and oxygen atoms in total. The topological polar surface area (TPSA) is 72.7 Å². The Hall–Kier alpha value is -2.55. The van der Waals surface area contributed by atoms with Crippen molar-refractivity contribution in [3.05, 3.63) is 64.1 Å². The van der Waals surface area contributed by atoms with Gasteiger partial charge in [0.25, 0.3) is 5.91 Å². The lowest BCUT2D eigenvalue weighted by atomic mass is 10.3. The van der Waals surface area contributed by atoms with E-state index in [1.54, 1.807) is 0 Å². The molecule has 0 saturated carbocycles. The predicted octanol–water partition coefficient (Wildman–Crippen LogP) is 4.36. The van der Waals surface area contributed by atoms with Crippen molar-refractivity contribution in [2.75, 3.05) is 5.32 Å². The van der Waals surface area contributed by atoms with Crippen molar-refractivity contribution >= 4 is 45.3 Å². The van der Waals surface area contributed by atoms with Crippen molar-refractivity contribution in [2.45, 2.75) is 0 Å². The Morgan fingerprint density at radius 2 is 2.00 bits per heavy atom. The minimum atomic E-state index is -0.354. The summed E-state index contributed by atoms with van der Waals surface area (Å²) in [6, 6.07) is 13.1. The summed E-state index contributed by atoms with van der Waals surface area (Å²) in [6.45, 7) is 0. The lowest BCUT2D eigenvalue weighted by Gasteiger charge is -1.98. The molecule has 0 bridgehead atoms. The number of amides is 1. The molecule has 0 aliphatic heterocycles. The summed E-state index contributed by atoms with van der Waals surface area (Å²) in [7, 11) is 0. The van der Waals surface area contributed by atoms with Gasteiger partial charge in [-0.1, -0.05) is 29.8 Å². The number of carbonyl (C=O) groups excluding carboxylic acids is 1. The van der Waals surface area contributed by atoms with E-state index in [4.69, 9.17) is 11.6 Å². The zero-order valence-electron chi connectivity index (χ0n) is 12.6. The number of rotatable bonds is 4. The number of halogens is 1. The van der Waals surface area contributed by atoms with Gasteiger partial charge >= 0.3 is 0 Å². The van der Waals surface area contributed by atoms with Gasteiger partial charge in [0.15, 0.2) is 10.8 Å². The second-order valence-corrected chi connectivity index (χ2v) is 7.52. The Kier molecular flexibility index (Phi) is 4.31. The molecule has 0 spiro atoms. The van der Waals surface area contributed by atoms with Crippen molar-refractivity contribution < 1.29 is 4.79 Å². The number of hydrogen-bond acceptors (Lipinski definition) is 6. The van der Waals surface area contributed by atoms with E-state index in [-0.39, 0.29) is 11.6 Å². The van der Waals surface area contributed by atoms with Crippen molar-refractivity contribution in [1.82, 2.24) is 20.0 Å². The average Bonchev–Trinajstić information content (AvgIpc) is 3.35. The molecular weight excluding hydrogens is 378 g/mol. The zero-order valence-corrected chi connectivity index (χ0v) is 15.0. The van der Waals surface area contributed by atoms with E-state index in [1.807, 2.05) is 47.8 Å². The summed E-state index contributed by atoms with van der Waals surface area (Å²) in [6.07, 6.45) is 1.43. The quantitative estimate of drug-likeness (QED) is 0.564. The van der Waals surface area contributed by atoms with Crippen LogP contribution in [0.3, 0.4) is 0 Å². The summed E-state index contributed by atoms with van der Waals surface area (Å²) >= 11 is 8.73. The number of thiophene rings is 1. The van der Waals surface area contributed by atoms with Gasteiger partial charge in [0.1, 0.15) is 0 Å². The SMILES string of the molecule is O=C(Nc1nc(-c2ccc(Cl)s2)cs1)c1cnn(-c2ccccc2)n1. The van der Waals surface area contributed by atoms with Gasteiger partial charge < -0.3 is 0 Å². The molecule has 0 aliphatic rings. The molecule has 4 rings (SSSR count). The van der Waals surface area contributed by atoms with E-state index in [0.29, 0.717) is 9.47 Å². The normalized spacial score (nSPS) is 10.8. The van der Waals surface area contributed by atoms with Crippen LogP contribution in [0.4, 0.5) is 5.13 Å². The Bertz CT molecular complexity index is 1020. The standard InChI is InChI=1S/C16H10ClN5OS2/c17-14-7-6-13(25-14)12-9-24-16(19-12)20-15(23)11-8-18-22(21-11)10-4-2-1-3-5-10/h1-9H,(H,19,20,23). The van der Waals surface area contributed by atoms with Crippen LogP contribution >= 0.6 is 34.3 Å². The molecule has 0 atom stereocenters. The lowest BCUT2D eigenvalue weighted by molar-refractivity contribution is 0.102. The van der Waals surface area contributed by atoms with Crippen molar-refractivity contribution in [1.29, 1.82) is 0 Å². The summed E-state index contributed by atoms with van der Waals surface area (Å²) in [5, 5.41) is 13.4. The second-order valence-electron chi connectivity index (χ2n) is 4.95. The molecule has 3 aromatic heterocycles. The highest BCUT2D eigenvalue weighted by Gasteiger charge is 2.14. The molecule has 0 radical (unpaired) electrons. The van der Waals surface area contributed by atoms with Crippen LogP contribution in [-0.4, -0.2) is 25.9 Å². The number of thiazole rings is 1. The molecular formula is C16H10ClN5OS2. The van der Waals surface area contributed by atoms with Gasteiger partial charge in [-0.25, -0.2) is 4.98 Å². The fraction of sp³-hybridized carbons (Fsp3) is 0. The van der Waals surface area contributed by atoms with Gasteiger partial charge in [0.2, 0.25) is 0 Å².